The van der Waals surface area contributed by atoms with E-state index in [1.807, 2.05) is 0 Å². The molecule has 0 aromatic heterocycles. The lowest BCUT2D eigenvalue weighted by Gasteiger charge is -2.26. The van der Waals surface area contributed by atoms with Gasteiger partial charge >= 0.3 is 0 Å². The minimum atomic E-state index is 0.153. The Hall–Kier alpha value is -0.900. The van der Waals surface area contributed by atoms with Gasteiger partial charge in [-0.25, -0.2) is 0 Å². The smallest absolute Gasteiger partial charge is 0.0309 e. The van der Waals surface area contributed by atoms with Gasteiger partial charge in [-0.15, -0.1) is 0 Å². The Labute approximate surface area is 123 Å². The van der Waals surface area contributed by atoms with Crippen LogP contribution in [0.1, 0.15) is 36.4 Å². The summed E-state index contributed by atoms with van der Waals surface area (Å²) in [4.78, 5) is 4.92. The Kier molecular flexibility index (Phi) is 5.58. The molecule has 0 aliphatic carbocycles. The summed E-state index contributed by atoms with van der Waals surface area (Å²) in [7, 11) is 4.46. The fourth-order valence-corrected chi connectivity index (χ4v) is 3.18. The van der Waals surface area contributed by atoms with Gasteiger partial charge in [0.1, 0.15) is 0 Å². The molecule has 3 heteroatoms. The second kappa shape index (κ2) is 7.21. The van der Waals surface area contributed by atoms with Crippen LogP contribution in [0.25, 0.3) is 0 Å². The van der Waals surface area contributed by atoms with Crippen molar-refractivity contribution < 1.29 is 0 Å². The highest BCUT2D eigenvalue weighted by Crippen LogP contribution is 2.19. The maximum atomic E-state index is 6.34. The molecular formula is C17H29N3. The lowest BCUT2D eigenvalue weighted by atomic mass is 9.99. The van der Waals surface area contributed by atoms with Crippen LogP contribution in [-0.2, 0) is 0 Å². The number of nitrogens with two attached hydrogens (primary N) is 1. The molecule has 2 atom stereocenters. The number of nitrogens with zero attached hydrogens (tertiary/aromatic N) is 2. The van der Waals surface area contributed by atoms with Crippen LogP contribution in [-0.4, -0.2) is 49.6 Å². The summed E-state index contributed by atoms with van der Waals surface area (Å²) in [5.74, 6) is 0. The van der Waals surface area contributed by atoms with E-state index in [1.165, 1.54) is 30.5 Å². The van der Waals surface area contributed by atoms with Gasteiger partial charge in [-0.05, 0) is 64.5 Å². The summed E-state index contributed by atoms with van der Waals surface area (Å²) in [6, 6.07) is 9.35. The first-order valence-corrected chi connectivity index (χ1v) is 7.78. The first-order valence-electron chi connectivity index (χ1n) is 7.78. The van der Waals surface area contributed by atoms with Crippen molar-refractivity contribution in [3.8, 4) is 0 Å². The van der Waals surface area contributed by atoms with Crippen LogP contribution in [0.4, 0.5) is 0 Å². The maximum absolute atomic E-state index is 6.34. The molecule has 3 nitrogen and oxygen atoms in total. The molecule has 112 valence electrons. The highest BCUT2D eigenvalue weighted by molar-refractivity contribution is 5.28. The average Bonchev–Trinajstić information content (AvgIpc) is 2.82. The molecule has 20 heavy (non-hydrogen) atoms. The predicted molar refractivity (Wildman–Crippen MR) is 85.9 cm³/mol. The second-order valence-corrected chi connectivity index (χ2v) is 6.29. The zero-order valence-electron chi connectivity index (χ0n) is 13.2. The molecule has 0 amide bonds. The van der Waals surface area contributed by atoms with Crippen molar-refractivity contribution in [2.75, 3.05) is 33.7 Å². The maximum Gasteiger partial charge on any atom is 0.0309 e. The Morgan fingerprint density at radius 1 is 1.40 bits per heavy atom. The number of hydrogen-bond acceptors (Lipinski definition) is 3. The molecule has 0 radical (unpaired) electrons. The molecule has 0 saturated carbocycles. The number of likely N-dealkylation sites (tertiary alicyclic amines) is 1. The third-order valence-electron chi connectivity index (χ3n) is 4.60. The van der Waals surface area contributed by atoms with Gasteiger partial charge in [-0.2, -0.15) is 0 Å². The van der Waals surface area contributed by atoms with Crippen molar-refractivity contribution in [3.05, 3.63) is 35.4 Å². The van der Waals surface area contributed by atoms with Crippen LogP contribution in [0.15, 0.2) is 24.3 Å². The average molecular weight is 275 g/mol. The summed E-state index contributed by atoms with van der Waals surface area (Å²) < 4.78 is 0. The first-order chi connectivity index (χ1) is 9.58. The molecule has 1 saturated heterocycles. The summed E-state index contributed by atoms with van der Waals surface area (Å²) in [5, 5.41) is 0. The van der Waals surface area contributed by atoms with Crippen molar-refractivity contribution in [3.63, 3.8) is 0 Å². The topological polar surface area (TPSA) is 32.5 Å². The molecular weight excluding hydrogens is 246 g/mol. The standard InChI is InChI=1S/C17H29N3/c1-14-7-4-5-9-16(14)17(18)10-12-19(2)13-15-8-6-11-20(15)3/h4-5,7,9,15,17H,6,8,10-13,18H2,1-3H3. The summed E-state index contributed by atoms with van der Waals surface area (Å²) in [6.07, 6.45) is 3.71. The molecule has 1 aliphatic rings. The van der Waals surface area contributed by atoms with E-state index in [4.69, 9.17) is 5.73 Å². The molecule has 2 unspecified atom stereocenters. The molecule has 0 spiro atoms. The van der Waals surface area contributed by atoms with E-state index >= 15 is 0 Å². The summed E-state index contributed by atoms with van der Waals surface area (Å²) >= 11 is 0. The number of benzene rings is 1. The van der Waals surface area contributed by atoms with Gasteiger partial charge < -0.3 is 15.5 Å². The molecule has 1 aromatic rings. The van der Waals surface area contributed by atoms with Gasteiger partial charge in [0, 0.05) is 18.6 Å². The van der Waals surface area contributed by atoms with Gasteiger partial charge in [-0.3, -0.25) is 0 Å². The lowest BCUT2D eigenvalue weighted by Crippen LogP contribution is -2.37. The molecule has 2 N–H and O–H groups in total. The fraction of sp³-hybridized carbons (Fsp3) is 0.647. The minimum Gasteiger partial charge on any atom is -0.324 e. The Balaban J connectivity index is 1.78. The zero-order valence-corrected chi connectivity index (χ0v) is 13.2. The molecule has 1 fully saturated rings. The second-order valence-electron chi connectivity index (χ2n) is 6.29. The lowest BCUT2D eigenvalue weighted by molar-refractivity contribution is 0.216. The Morgan fingerprint density at radius 2 is 2.15 bits per heavy atom. The quantitative estimate of drug-likeness (QED) is 0.865. The van der Waals surface area contributed by atoms with Crippen LogP contribution < -0.4 is 5.73 Å². The highest BCUT2D eigenvalue weighted by atomic mass is 15.2. The number of likely N-dealkylation sites (N-methyl/N-ethyl adjacent to an activating group) is 2. The van der Waals surface area contributed by atoms with Gasteiger partial charge in [0.25, 0.3) is 0 Å². The first kappa shape index (κ1) is 15.5. The third-order valence-corrected chi connectivity index (χ3v) is 4.60. The Morgan fingerprint density at radius 3 is 2.80 bits per heavy atom. The van der Waals surface area contributed by atoms with Gasteiger partial charge in [0.15, 0.2) is 0 Å². The van der Waals surface area contributed by atoms with E-state index in [9.17, 15) is 0 Å². The van der Waals surface area contributed by atoms with E-state index in [1.54, 1.807) is 0 Å². The van der Waals surface area contributed by atoms with Crippen molar-refractivity contribution in [2.24, 2.45) is 5.73 Å². The van der Waals surface area contributed by atoms with Gasteiger partial charge in [0.2, 0.25) is 0 Å². The van der Waals surface area contributed by atoms with E-state index in [2.05, 4.69) is 55.1 Å². The van der Waals surface area contributed by atoms with Crippen LogP contribution >= 0.6 is 0 Å². The zero-order chi connectivity index (χ0) is 14.5. The Bertz CT molecular complexity index is 418. The van der Waals surface area contributed by atoms with E-state index < -0.39 is 0 Å². The predicted octanol–water partition coefficient (Wildman–Crippen LogP) is 2.41. The van der Waals surface area contributed by atoms with Crippen molar-refractivity contribution in [1.82, 2.24) is 9.80 Å². The van der Waals surface area contributed by atoms with Crippen LogP contribution in [0.3, 0.4) is 0 Å². The molecule has 1 heterocycles. The van der Waals surface area contributed by atoms with Crippen LogP contribution in [0.5, 0.6) is 0 Å². The van der Waals surface area contributed by atoms with Gasteiger partial charge in [-0.1, -0.05) is 24.3 Å². The highest BCUT2D eigenvalue weighted by Gasteiger charge is 2.22. The van der Waals surface area contributed by atoms with Crippen molar-refractivity contribution in [1.29, 1.82) is 0 Å². The van der Waals surface area contributed by atoms with E-state index in [0.717, 1.165) is 25.6 Å². The normalized spacial score (nSPS) is 21.6. The number of rotatable bonds is 6. The SMILES string of the molecule is Cc1ccccc1C(N)CCN(C)CC1CCCN1C. The summed E-state index contributed by atoms with van der Waals surface area (Å²) in [5.41, 5.74) is 8.94. The molecule has 1 aromatic carbocycles. The van der Waals surface area contributed by atoms with E-state index in [0.29, 0.717) is 0 Å². The monoisotopic (exact) mass is 275 g/mol. The molecule has 1 aliphatic heterocycles. The number of aryl methyl sites for hydroxylation is 1. The van der Waals surface area contributed by atoms with Crippen molar-refractivity contribution >= 4 is 0 Å². The largest absolute Gasteiger partial charge is 0.324 e. The third kappa shape index (κ3) is 4.05. The van der Waals surface area contributed by atoms with Gasteiger partial charge in [0.05, 0.1) is 0 Å². The van der Waals surface area contributed by atoms with Crippen molar-refractivity contribution in [2.45, 2.75) is 38.3 Å². The fourth-order valence-electron chi connectivity index (χ4n) is 3.18. The van der Waals surface area contributed by atoms with Crippen LogP contribution in [0, 0.1) is 6.92 Å². The molecule has 2 rings (SSSR count). The van der Waals surface area contributed by atoms with Crippen LogP contribution in [0.2, 0.25) is 0 Å². The number of hydrogen-bond donors (Lipinski definition) is 1. The minimum absolute atomic E-state index is 0.153. The van der Waals surface area contributed by atoms with E-state index in [-0.39, 0.29) is 6.04 Å². The summed E-state index contributed by atoms with van der Waals surface area (Å²) in [6.45, 7) is 5.63. The molecule has 0 bridgehead atoms.